The van der Waals surface area contributed by atoms with Gasteiger partial charge in [-0.3, -0.25) is 0 Å². The van der Waals surface area contributed by atoms with E-state index in [1.807, 2.05) is 0 Å². The van der Waals surface area contributed by atoms with Gasteiger partial charge < -0.3 is 4.79 Å². The second-order valence-electron chi connectivity index (χ2n) is 4.48. The van der Waals surface area contributed by atoms with Gasteiger partial charge in [0, 0.05) is 6.42 Å². The van der Waals surface area contributed by atoms with Crippen LogP contribution in [0, 0.1) is 0 Å². The lowest BCUT2D eigenvalue weighted by Crippen LogP contribution is -1.80. The van der Waals surface area contributed by atoms with Crippen molar-refractivity contribution >= 4 is 6.29 Å². The minimum atomic E-state index is 0.750. The molecule has 0 aromatic rings. The maximum absolute atomic E-state index is 10.1. The molecule has 1 nitrogen and oxygen atoms in total. The number of hydrogen-bond acceptors (Lipinski definition) is 1. The van der Waals surface area contributed by atoms with Gasteiger partial charge in [0.2, 0.25) is 0 Å². The van der Waals surface area contributed by atoms with Crippen LogP contribution in [-0.2, 0) is 4.79 Å². The van der Waals surface area contributed by atoms with Crippen molar-refractivity contribution in [3.05, 3.63) is 12.2 Å². The second-order valence-corrected chi connectivity index (χ2v) is 4.48. The molecule has 0 unspecified atom stereocenters. The molecule has 94 valence electrons. The van der Waals surface area contributed by atoms with E-state index in [0.29, 0.717) is 0 Å². The van der Waals surface area contributed by atoms with Crippen molar-refractivity contribution in [2.24, 2.45) is 0 Å². The fourth-order valence-corrected chi connectivity index (χ4v) is 1.75. The number of hydrogen-bond donors (Lipinski definition) is 0. The fraction of sp³-hybridized carbons (Fsp3) is 0.800. The van der Waals surface area contributed by atoms with Crippen molar-refractivity contribution in [1.82, 2.24) is 0 Å². The molecule has 0 saturated heterocycles. The molecule has 0 aromatic carbocycles. The molecule has 0 N–H and O–H groups in total. The second kappa shape index (κ2) is 14.4. The summed E-state index contributed by atoms with van der Waals surface area (Å²) in [7, 11) is 0. The van der Waals surface area contributed by atoms with E-state index < -0.39 is 0 Å². The highest BCUT2D eigenvalue weighted by Crippen LogP contribution is 2.08. The van der Waals surface area contributed by atoms with Crippen LogP contribution in [-0.4, -0.2) is 6.29 Å². The van der Waals surface area contributed by atoms with Crippen molar-refractivity contribution in [1.29, 1.82) is 0 Å². The number of carbonyl (C=O) groups is 1. The number of allylic oxidation sites excluding steroid dienone is 2. The third-order valence-corrected chi connectivity index (χ3v) is 2.83. The van der Waals surface area contributed by atoms with Crippen LogP contribution in [0.3, 0.4) is 0 Å². The molecule has 0 heterocycles. The first kappa shape index (κ1) is 15.4. The molecule has 0 aliphatic heterocycles. The van der Waals surface area contributed by atoms with Gasteiger partial charge in [-0.15, -0.1) is 0 Å². The summed E-state index contributed by atoms with van der Waals surface area (Å²) in [6, 6.07) is 0. The van der Waals surface area contributed by atoms with Crippen molar-refractivity contribution in [2.45, 2.75) is 77.6 Å². The zero-order valence-corrected chi connectivity index (χ0v) is 10.9. The number of unbranched alkanes of at least 4 members (excludes halogenated alkanes) is 9. The van der Waals surface area contributed by atoms with E-state index in [2.05, 4.69) is 19.1 Å². The van der Waals surface area contributed by atoms with Crippen LogP contribution in [0.4, 0.5) is 0 Å². The minimum absolute atomic E-state index is 0.750. The summed E-state index contributed by atoms with van der Waals surface area (Å²) < 4.78 is 0. The Kier molecular flexibility index (Phi) is 13.9. The summed E-state index contributed by atoms with van der Waals surface area (Å²) in [4.78, 5) is 10.1. The smallest absolute Gasteiger partial charge is 0.119 e. The van der Waals surface area contributed by atoms with Crippen LogP contribution in [0.1, 0.15) is 77.6 Å². The molecule has 0 radical (unpaired) electrons. The van der Waals surface area contributed by atoms with Gasteiger partial charge in [-0.2, -0.15) is 0 Å². The Balaban J connectivity index is 2.98. The van der Waals surface area contributed by atoms with Crippen LogP contribution in [0.25, 0.3) is 0 Å². The minimum Gasteiger partial charge on any atom is -0.303 e. The monoisotopic (exact) mass is 224 g/mol. The first-order chi connectivity index (χ1) is 7.91. The lowest BCUT2D eigenvalue weighted by molar-refractivity contribution is -0.107. The quantitative estimate of drug-likeness (QED) is 0.257. The molecule has 0 saturated carbocycles. The Morgan fingerprint density at radius 3 is 1.75 bits per heavy atom. The van der Waals surface area contributed by atoms with Gasteiger partial charge in [0.15, 0.2) is 0 Å². The van der Waals surface area contributed by atoms with Gasteiger partial charge in [0.25, 0.3) is 0 Å². The van der Waals surface area contributed by atoms with E-state index in [1.54, 1.807) is 0 Å². The molecule has 0 fully saturated rings. The van der Waals surface area contributed by atoms with Crippen LogP contribution >= 0.6 is 0 Å². The maximum atomic E-state index is 10.1. The molecular formula is C15H28O. The molecule has 0 aromatic heterocycles. The van der Waals surface area contributed by atoms with Gasteiger partial charge in [-0.25, -0.2) is 0 Å². The zero-order chi connectivity index (χ0) is 11.9. The lowest BCUT2D eigenvalue weighted by atomic mass is 10.1. The van der Waals surface area contributed by atoms with Crippen molar-refractivity contribution in [3.63, 3.8) is 0 Å². The molecule has 0 spiro atoms. The number of rotatable bonds is 12. The molecule has 0 amide bonds. The third kappa shape index (κ3) is 13.4. The van der Waals surface area contributed by atoms with Crippen LogP contribution in [0.5, 0.6) is 0 Å². The predicted octanol–water partition coefficient (Wildman–Crippen LogP) is 5.05. The summed E-state index contributed by atoms with van der Waals surface area (Å²) in [5, 5.41) is 0. The Morgan fingerprint density at radius 2 is 1.19 bits per heavy atom. The van der Waals surface area contributed by atoms with Crippen LogP contribution in [0.2, 0.25) is 0 Å². The average molecular weight is 224 g/mol. The van der Waals surface area contributed by atoms with E-state index in [-0.39, 0.29) is 0 Å². The van der Waals surface area contributed by atoms with Gasteiger partial charge in [0.05, 0.1) is 0 Å². The van der Waals surface area contributed by atoms with Crippen molar-refractivity contribution in [3.8, 4) is 0 Å². The lowest BCUT2D eigenvalue weighted by Gasteiger charge is -1.98. The average Bonchev–Trinajstić information content (AvgIpc) is 2.31. The summed E-state index contributed by atoms with van der Waals surface area (Å²) >= 11 is 0. The van der Waals surface area contributed by atoms with Gasteiger partial charge in [-0.05, 0) is 25.7 Å². The van der Waals surface area contributed by atoms with E-state index >= 15 is 0 Å². The third-order valence-electron chi connectivity index (χ3n) is 2.83. The van der Waals surface area contributed by atoms with E-state index in [9.17, 15) is 4.79 Å². The van der Waals surface area contributed by atoms with Crippen molar-refractivity contribution in [2.75, 3.05) is 0 Å². The number of aldehydes is 1. The molecule has 0 rings (SSSR count). The normalized spacial score (nSPS) is 11.1. The van der Waals surface area contributed by atoms with E-state index in [1.165, 1.54) is 57.8 Å². The summed E-state index contributed by atoms with van der Waals surface area (Å²) in [5.74, 6) is 0. The molecule has 1 heteroatoms. The standard InChI is InChI=1S/C15H28O/c1-2-3-4-5-6-7-8-9-10-11-12-13-14-15-16/h5-6,15H,2-4,7-14H2,1H3. The van der Waals surface area contributed by atoms with Gasteiger partial charge >= 0.3 is 0 Å². The van der Waals surface area contributed by atoms with Crippen LogP contribution < -0.4 is 0 Å². The summed E-state index contributed by atoms with van der Waals surface area (Å²) in [5.41, 5.74) is 0. The van der Waals surface area contributed by atoms with Gasteiger partial charge in [-0.1, -0.05) is 57.6 Å². The molecular weight excluding hydrogens is 196 g/mol. The molecule has 0 aliphatic rings. The topological polar surface area (TPSA) is 17.1 Å². The fourth-order valence-electron chi connectivity index (χ4n) is 1.75. The Hall–Kier alpha value is -0.590. The molecule has 16 heavy (non-hydrogen) atoms. The summed E-state index contributed by atoms with van der Waals surface area (Å²) in [6.07, 6.45) is 19.2. The van der Waals surface area contributed by atoms with E-state index in [4.69, 9.17) is 0 Å². The SMILES string of the molecule is CCCCC=CCCCCCCCCC=O. The largest absolute Gasteiger partial charge is 0.303 e. The Morgan fingerprint density at radius 1 is 0.688 bits per heavy atom. The maximum Gasteiger partial charge on any atom is 0.119 e. The predicted molar refractivity (Wildman–Crippen MR) is 71.7 cm³/mol. The highest BCUT2D eigenvalue weighted by atomic mass is 16.1. The molecule has 0 aliphatic carbocycles. The first-order valence-electron chi connectivity index (χ1n) is 7.00. The Labute approximate surface area is 101 Å². The highest BCUT2D eigenvalue weighted by molar-refractivity contribution is 5.48. The first-order valence-corrected chi connectivity index (χ1v) is 7.00. The van der Waals surface area contributed by atoms with Gasteiger partial charge in [0.1, 0.15) is 6.29 Å². The molecule has 0 bridgehead atoms. The molecule has 0 atom stereocenters. The summed E-state index contributed by atoms with van der Waals surface area (Å²) in [6.45, 7) is 2.23. The Bertz CT molecular complexity index is 161. The van der Waals surface area contributed by atoms with Crippen molar-refractivity contribution < 1.29 is 4.79 Å². The van der Waals surface area contributed by atoms with E-state index in [0.717, 1.165) is 19.1 Å². The zero-order valence-electron chi connectivity index (χ0n) is 10.9. The highest BCUT2D eigenvalue weighted by Gasteiger charge is 1.90. The van der Waals surface area contributed by atoms with Crippen LogP contribution in [0.15, 0.2) is 12.2 Å². The number of carbonyl (C=O) groups excluding carboxylic acids is 1.